The summed E-state index contributed by atoms with van der Waals surface area (Å²) in [5.74, 6) is -0.0647. The molecule has 0 saturated heterocycles. The van der Waals surface area contributed by atoms with Gasteiger partial charge in [0.2, 0.25) is 0 Å². The highest BCUT2D eigenvalue weighted by molar-refractivity contribution is 5.87. The third kappa shape index (κ3) is 4.23. The van der Waals surface area contributed by atoms with Crippen molar-refractivity contribution in [1.82, 2.24) is 0 Å². The van der Waals surface area contributed by atoms with Crippen molar-refractivity contribution in [3.05, 3.63) is 12.2 Å². The molecule has 3 nitrogen and oxygen atoms in total. The highest BCUT2D eigenvalue weighted by atomic mass is 17.1. The number of hydrogen-bond acceptors (Lipinski definition) is 3. The Morgan fingerprint density at radius 2 is 2.10 bits per heavy atom. The van der Waals surface area contributed by atoms with Crippen molar-refractivity contribution in [3.8, 4) is 0 Å². The van der Waals surface area contributed by atoms with Gasteiger partial charge in [-0.3, -0.25) is 10.1 Å². The fraction of sp³-hybridized carbons (Fsp3) is 0.571. The maximum absolute atomic E-state index is 10.4. The summed E-state index contributed by atoms with van der Waals surface area (Å²) < 4.78 is 0. The first-order valence-corrected chi connectivity index (χ1v) is 3.00. The van der Waals surface area contributed by atoms with Crippen LogP contribution in [0, 0.1) is 0 Å². The van der Waals surface area contributed by atoms with Gasteiger partial charge in [-0.05, 0) is 32.9 Å². The van der Waals surface area contributed by atoms with Gasteiger partial charge in [0.05, 0.1) is 0 Å². The van der Waals surface area contributed by atoms with Gasteiger partial charge < -0.3 is 0 Å². The lowest BCUT2D eigenvalue weighted by molar-refractivity contribution is -0.297. The summed E-state index contributed by atoms with van der Waals surface area (Å²) >= 11 is 0. The predicted molar refractivity (Wildman–Crippen MR) is 37.6 cm³/mol. The molecule has 0 amide bonds. The van der Waals surface area contributed by atoms with E-state index in [1.54, 1.807) is 13.8 Å². The quantitative estimate of drug-likeness (QED) is 0.370. The maximum atomic E-state index is 10.4. The minimum atomic E-state index is -0.772. The molecule has 0 heterocycles. The summed E-state index contributed by atoms with van der Waals surface area (Å²) in [6.07, 6.45) is 2.85. The lowest BCUT2D eigenvalue weighted by atomic mass is 10.1. The lowest BCUT2D eigenvalue weighted by Gasteiger charge is -2.13. The summed E-state index contributed by atoms with van der Waals surface area (Å²) in [6.45, 7) is 4.73. The van der Waals surface area contributed by atoms with E-state index in [9.17, 15) is 4.79 Å². The van der Waals surface area contributed by atoms with E-state index in [0.717, 1.165) is 0 Å². The first-order chi connectivity index (χ1) is 4.48. The molecule has 0 aliphatic heterocycles. The standard InChI is InChI=1S/C7H12O3/c1-6(8)4-5-7(2,3)10-9/h4-5,9H,1-3H3/b5-4+. The van der Waals surface area contributed by atoms with Gasteiger partial charge in [0.25, 0.3) is 0 Å². The van der Waals surface area contributed by atoms with Gasteiger partial charge in [-0.15, -0.1) is 0 Å². The van der Waals surface area contributed by atoms with Crippen LogP contribution in [-0.4, -0.2) is 16.6 Å². The maximum Gasteiger partial charge on any atom is 0.152 e. The number of hydrogen-bond donors (Lipinski definition) is 1. The van der Waals surface area contributed by atoms with Crippen molar-refractivity contribution in [2.75, 3.05) is 0 Å². The molecule has 1 N–H and O–H groups in total. The second kappa shape index (κ2) is 3.49. The molecule has 0 aliphatic rings. The van der Waals surface area contributed by atoms with Crippen LogP contribution in [0.15, 0.2) is 12.2 Å². The zero-order valence-corrected chi connectivity index (χ0v) is 6.42. The highest BCUT2D eigenvalue weighted by Gasteiger charge is 2.12. The molecule has 3 heteroatoms. The molecule has 10 heavy (non-hydrogen) atoms. The largest absolute Gasteiger partial charge is 0.295 e. The second-order valence-electron chi connectivity index (χ2n) is 2.64. The Kier molecular flexibility index (Phi) is 3.25. The van der Waals surface area contributed by atoms with Crippen LogP contribution in [0.5, 0.6) is 0 Å². The Labute approximate surface area is 60.2 Å². The molecular formula is C7H12O3. The molecule has 0 radical (unpaired) electrons. The highest BCUT2D eigenvalue weighted by Crippen LogP contribution is 2.07. The van der Waals surface area contributed by atoms with Crippen LogP contribution in [0.1, 0.15) is 20.8 Å². The second-order valence-corrected chi connectivity index (χ2v) is 2.64. The first kappa shape index (κ1) is 9.33. The molecule has 0 aromatic carbocycles. The Hall–Kier alpha value is -0.670. The number of rotatable bonds is 3. The fourth-order valence-corrected chi connectivity index (χ4v) is 0.348. The van der Waals surface area contributed by atoms with Crippen LogP contribution in [0.4, 0.5) is 0 Å². The summed E-state index contributed by atoms with van der Waals surface area (Å²) in [5, 5.41) is 8.24. The van der Waals surface area contributed by atoms with Crippen LogP contribution >= 0.6 is 0 Å². The summed E-state index contributed by atoms with van der Waals surface area (Å²) in [4.78, 5) is 14.4. The van der Waals surface area contributed by atoms with E-state index < -0.39 is 5.60 Å². The van der Waals surface area contributed by atoms with Crippen molar-refractivity contribution < 1.29 is 14.9 Å². The van der Waals surface area contributed by atoms with E-state index in [1.165, 1.54) is 19.1 Å². The molecule has 0 bridgehead atoms. The third-order valence-corrected chi connectivity index (χ3v) is 0.955. The fourth-order valence-electron chi connectivity index (χ4n) is 0.348. The van der Waals surface area contributed by atoms with Gasteiger partial charge in [-0.2, -0.15) is 0 Å². The van der Waals surface area contributed by atoms with Gasteiger partial charge in [0.15, 0.2) is 5.78 Å². The van der Waals surface area contributed by atoms with Crippen molar-refractivity contribution in [3.63, 3.8) is 0 Å². The molecule has 0 atom stereocenters. The van der Waals surface area contributed by atoms with Crippen molar-refractivity contribution in [2.24, 2.45) is 0 Å². The van der Waals surface area contributed by atoms with Crippen LogP contribution < -0.4 is 0 Å². The monoisotopic (exact) mass is 144 g/mol. The average molecular weight is 144 g/mol. The Morgan fingerprint density at radius 1 is 1.60 bits per heavy atom. The predicted octanol–water partition coefficient (Wildman–Crippen LogP) is 1.40. The number of ketones is 1. The normalized spacial score (nSPS) is 12.4. The summed E-state index contributed by atoms with van der Waals surface area (Å²) in [5.41, 5.74) is -0.772. The summed E-state index contributed by atoms with van der Waals surface area (Å²) in [6, 6.07) is 0. The molecule has 0 spiro atoms. The number of carbonyl (C=O) groups is 1. The number of allylic oxidation sites excluding steroid dienone is 1. The smallest absolute Gasteiger partial charge is 0.152 e. The molecule has 0 unspecified atom stereocenters. The van der Waals surface area contributed by atoms with Crippen molar-refractivity contribution in [2.45, 2.75) is 26.4 Å². The van der Waals surface area contributed by atoms with E-state index in [2.05, 4.69) is 4.89 Å². The van der Waals surface area contributed by atoms with Gasteiger partial charge >= 0.3 is 0 Å². The van der Waals surface area contributed by atoms with Gasteiger partial charge in [0, 0.05) is 0 Å². The zero-order valence-electron chi connectivity index (χ0n) is 6.42. The van der Waals surface area contributed by atoms with Crippen LogP contribution in [-0.2, 0) is 9.68 Å². The molecule has 0 aromatic heterocycles. The summed E-state index contributed by atoms with van der Waals surface area (Å²) in [7, 11) is 0. The van der Waals surface area contributed by atoms with E-state index in [0.29, 0.717) is 0 Å². The molecule has 0 saturated carbocycles. The average Bonchev–Trinajstić information content (AvgIpc) is 1.85. The first-order valence-electron chi connectivity index (χ1n) is 3.00. The van der Waals surface area contributed by atoms with E-state index in [1.807, 2.05) is 0 Å². The van der Waals surface area contributed by atoms with Crippen LogP contribution in [0.25, 0.3) is 0 Å². The topological polar surface area (TPSA) is 46.5 Å². The van der Waals surface area contributed by atoms with Gasteiger partial charge in [0.1, 0.15) is 5.60 Å². The molecule has 0 fully saturated rings. The zero-order chi connectivity index (χ0) is 8.20. The third-order valence-electron chi connectivity index (χ3n) is 0.955. The lowest BCUT2D eigenvalue weighted by Crippen LogP contribution is -2.19. The van der Waals surface area contributed by atoms with E-state index >= 15 is 0 Å². The molecule has 58 valence electrons. The van der Waals surface area contributed by atoms with Crippen molar-refractivity contribution in [1.29, 1.82) is 0 Å². The van der Waals surface area contributed by atoms with E-state index in [-0.39, 0.29) is 5.78 Å². The number of carbonyl (C=O) groups excluding carboxylic acids is 1. The van der Waals surface area contributed by atoms with Gasteiger partial charge in [-0.25, -0.2) is 4.89 Å². The minimum absolute atomic E-state index is 0.0647. The molecule has 0 rings (SSSR count). The van der Waals surface area contributed by atoms with Gasteiger partial charge in [-0.1, -0.05) is 0 Å². The van der Waals surface area contributed by atoms with Crippen molar-refractivity contribution >= 4 is 5.78 Å². The SMILES string of the molecule is CC(=O)/C=C/C(C)(C)OO. The van der Waals surface area contributed by atoms with Crippen LogP contribution in [0.2, 0.25) is 0 Å². The van der Waals surface area contributed by atoms with E-state index in [4.69, 9.17) is 5.26 Å². The molecule has 0 aromatic rings. The molecule has 0 aliphatic carbocycles. The van der Waals surface area contributed by atoms with Crippen LogP contribution in [0.3, 0.4) is 0 Å². The minimum Gasteiger partial charge on any atom is -0.295 e. The molecular weight excluding hydrogens is 132 g/mol. The Morgan fingerprint density at radius 3 is 2.40 bits per heavy atom. The Balaban J connectivity index is 3.99. The Bertz CT molecular complexity index is 147.